The van der Waals surface area contributed by atoms with E-state index in [-0.39, 0.29) is 27.9 Å². The van der Waals surface area contributed by atoms with E-state index in [1.165, 1.54) is 0 Å². The van der Waals surface area contributed by atoms with Gasteiger partial charge in [-0.15, -0.1) is 11.3 Å². The van der Waals surface area contributed by atoms with Gasteiger partial charge in [0.15, 0.2) is 0 Å². The Hall–Kier alpha value is -2.47. The van der Waals surface area contributed by atoms with E-state index < -0.39 is 28.2 Å². The minimum Gasteiger partial charge on any atom is -0.456 e. The number of nitrogens with one attached hydrogen (secondary N) is 1. The van der Waals surface area contributed by atoms with Gasteiger partial charge in [0, 0.05) is 6.20 Å². The normalized spacial score (nSPS) is 15.9. The molecule has 1 aliphatic rings. The van der Waals surface area contributed by atoms with Crippen LogP contribution in [0.25, 0.3) is 11.0 Å². The number of alkyl halides is 3. The van der Waals surface area contributed by atoms with E-state index in [4.69, 9.17) is 4.74 Å². The van der Waals surface area contributed by atoms with Gasteiger partial charge in [0.25, 0.3) is 5.88 Å². The molecule has 4 rings (SSSR count). The molecule has 0 saturated heterocycles. The van der Waals surface area contributed by atoms with Crippen LogP contribution < -0.4 is 9.46 Å². The van der Waals surface area contributed by atoms with Crippen LogP contribution in [0.15, 0.2) is 30.5 Å². The maximum Gasteiger partial charge on any atom is 0.430 e. The number of benzene rings is 1. The van der Waals surface area contributed by atoms with Gasteiger partial charge < -0.3 is 4.74 Å². The van der Waals surface area contributed by atoms with E-state index in [0.29, 0.717) is 10.5 Å². The number of nitrogens with zero attached hydrogens (tertiary/aromatic N) is 3. The molecule has 2 aromatic heterocycles. The Morgan fingerprint density at radius 1 is 1.23 bits per heavy atom. The SMILES string of the molecule is Cc1ncc(C(Oc2nc3ccccc3nc2NS(=O)(=O)CC2CC2)C(F)(F)F)s1. The molecule has 12 heteroatoms. The lowest BCUT2D eigenvalue weighted by Gasteiger charge is -2.21. The molecule has 0 aliphatic heterocycles. The van der Waals surface area contributed by atoms with E-state index in [1.54, 1.807) is 31.2 Å². The largest absolute Gasteiger partial charge is 0.456 e. The van der Waals surface area contributed by atoms with E-state index in [9.17, 15) is 21.6 Å². The highest BCUT2D eigenvalue weighted by Gasteiger charge is 2.45. The van der Waals surface area contributed by atoms with Crippen molar-refractivity contribution in [2.75, 3.05) is 10.5 Å². The number of para-hydroxylation sites is 2. The van der Waals surface area contributed by atoms with Gasteiger partial charge in [-0.2, -0.15) is 13.2 Å². The third kappa shape index (κ3) is 4.81. The molecule has 1 saturated carbocycles. The topological polar surface area (TPSA) is 94.1 Å². The minimum atomic E-state index is -4.77. The van der Waals surface area contributed by atoms with E-state index >= 15 is 0 Å². The summed E-state index contributed by atoms with van der Waals surface area (Å²) >= 11 is 0.838. The molecule has 0 spiro atoms. The number of anilines is 1. The molecule has 1 atom stereocenters. The molecule has 1 aliphatic carbocycles. The number of thiazole rings is 1. The predicted octanol–water partition coefficient (Wildman–Crippen LogP) is 4.23. The molecule has 1 unspecified atom stereocenters. The summed E-state index contributed by atoms with van der Waals surface area (Å²) in [5, 5.41) is 0.442. The molecule has 1 fully saturated rings. The number of rotatable bonds is 7. The summed E-state index contributed by atoms with van der Waals surface area (Å²) in [5.74, 6) is -0.993. The fraction of sp³-hybridized carbons (Fsp3) is 0.389. The number of fused-ring (bicyclic) bond motifs is 1. The average molecular weight is 458 g/mol. The lowest BCUT2D eigenvalue weighted by atomic mass is 10.3. The molecule has 0 bridgehead atoms. The highest BCUT2D eigenvalue weighted by atomic mass is 32.2. The second-order valence-corrected chi connectivity index (χ2v) is 10.0. The van der Waals surface area contributed by atoms with Crippen molar-refractivity contribution < 1.29 is 26.3 Å². The van der Waals surface area contributed by atoms with Crippen LogP contribution in [-0.4, -0.2) is 35.3 Å². The first-order valence-electron chi connectivity index (χ1n) is 9.04. The Labute approximate surface area is 174 Å². The molecule has 0 radical (unpaired) electrons. The van der Waals surface area contributed by atoms with Crippen LogP contribution in [0.3, 0.4) is 0 Å². The van der Waals surface area contributed by atoms with Crippen molar-refractivity contribution in [1.29, 1.82) is 0 Å². The van der Waals surface area contributed by atoms with Gasteiger partial charge in [0.2, 0.25) is 21.9 Å². The van der Waals surface area contributed by atoms with Crippen molar-refractivity contribution in [2.45, 2.75) is 32.0 Å². The molecular formula is C18H17F3N4O3S2. The zero-order valence-corrected chi connectivity index (χ0v) is 17.3. The smallest absolute Gasteiger partial charge is 0.430 e. The summed E-state index contributed by atoms with van der Waals surface area (Å²) in [7, 11) is -3.82. The van der Waals surface area contributed by atoms with Gasteiger partial charge in [0.05, 0.1) is 26.7 Å². The third-order valence-electron chi connectivity index (χ3n) is 4.37. The molecule has 2 heterocycles. The van der Waals surface area contributed by atoms with Crippen molar-refractivity contribution in [2.24, 2.45) is 5.92 Å². The van der Waals surface area contributed by atoms with Crippen molar-refractivity contribution in [1.82, 2.24) is 15.0 Å². The van der Waals surface area contributed by atoms with Crippen LogP contribution in [-0.2, 0) is 10.0 Å². The second kappa shape index (κ2) is 7.65. The average Bonchev–Trinajstić information content (AvgIpc) is 3.35. The number of sulfonamides is 1. The second-order valence-electron chi connectivity index (χ2n) is 7.01. The van der Waals surface area contributed by atoms with Gasteiger partial charge >= 0.3 is 6.18 Å². The highest BCUT2D eigenvalue weighted by Crippen LogP contribution is 2.40. The first kappa shape index (κ1) is 20.8. The van der Waals surface area contributed by atoms with Gasteiger partial charge in [-0.05, 0) is 37.8 Å². The van der Waals surface area contributed by atoms with Crippen LogP contribution in [0.2, 0.25) is 0 Å². The number of halogens is 3. The Kier molecular flexibility index (Phi) is 5.30. The lowest BCUT2D eigenvalue weighted by molar-refractivity contribution is -0.197. The summed E-state index contributed by atoms with van der Waals surface area (Å²) in [5.41, 5.74) is 0.602. The Bertz CT molecular complexity index is 1180. The number of hydrogen-bond acceptors (Lipinski definition) is 7. The monoisotopic (exact) mass is 458 g/mol. The maximum absolute atomic E-state index is 13.7. The van der Waals surface area contributed by atoms with Crippen molar-refractivity contribution in [3.63, 3.8) is 0 Å². The molecule has 160 valence electrons. The van der Waals surface area contributed by atoms with Crippen LogP contribution in [0.4, 0.5) is 19.0 Å². The predicted molar refractivity (Wildman–Crippen MR) is 106 cm³/mol. The fourth-order valence-corrected chi connectivity index (χ4v) is 5.12. The fourth-order valence-electron chi connectivity index (χ4n) is 2.81. The zero-order valence-electron chi connectivity index (χ0n) is 15.7. The van der Waals surface area contributed by atoms with Crippen molar-refractivity contribution in [3.05, 3.63) is 40.3 Å². The van der Waals surface area contributed by atoms with E-state index in [2.05, 4.69) is 19.7 Å². The van der Waals surface area contributed by atoms with Gasteiger partial charge in [-0.3, -0.25) is 4.72 Å². The van der Waals surface area contributed by atoms with Crippen LogP contribution in [0.5, 0.6) is 5.88 Å². The highest BCUT2D eigenvalue weighted by molar-refractivity contribution is 7.92. The molecule has 0 amide bonds. The summed E-state index contributed by atoms with van der Waals surface area (Å²) < 4.78 is 73.5. The quantitative estimate of drug-likeness (QED) is 0.570. The Morgan fingerprint density at radius 2 is 1.90 bits per heavy atom. The zero-order chi connectivity index (χ0) is 21.5. The van der Waals surface area contributed by atoms with Gasteiger partial charge in [0.1, 0.15) is 0 Å². The summed E-state index contributed by atoms with van der Waals surface area (Å²) in [4.78, 5) is 12.0. The Balaban J connectivity index is 1.75. The molecule has 1 N–H and O–H groups in total. The van der Waals surface area contributed by atoms with Crippen LogP contribution in [0, 0.1) is 12.8 Å². The summed E-state index contributed by atoms with van der Waals surface area (Å²) in [6.45, 7) is 1.58. The molecule has 7 nitrogen and oxygen atoms in total. The summed E-state index contributed by atoms with van der Waals surface area (Å²) in [6, 6.07) is 6.44. The van der Waals surface area contributed by atoms with Crippen molar-refractivity contribution in [3.8, 4) is 5.88 Å². The number of aromatic nitrogens is 3. The van der Waals surface area contributed by atoms with Gasteiger partial charge in [-0.1, -0.05) is 12.1 Å². The number of aryl methyl sites for hydroxylation is 1. The standard InChI is InChI=1S/C18H17F3N4O3S2/c1-10-22-8-14(29-10)15(18(19,20)21)28-17-16(25-30(26,27)9-11-6-7-11)23-12-4-2-3-5-13(12)24-17/h2-5,8,11,15H,6-7,9H2,1H3,(H,23,25). The van der Waals surface area contributed by atoms with E-state index in [1.807, 2.05) is 0 Å². The maximum atomic E-state index is 13.7. The van der Waals surface area contributed by atoms with Crippen molar-refractivity contribution >= 4 is 38.2 Å². The van der Waals surface area contributed by atoms with Gasteiger partial charge in [-0.25, -0.2) is 23.4 Å². The Morgan fingerprint density at radius 3 is 2.47 bits per heavy atom. The van der Waals surface area contributed by atoms with Crippen LogP contribution in [0.1, 0.15) is 28.8 Å². The molecule has 3 aromatic rings. The number of ether oxygens (including phenoxy) is 1. The number of hydrogen-bond donors (Lipinski definition) is 1. The summed E-state index contributed by atoms with van der Waals surface area (Å²) in [6.07, 6.45) is -4.44. The van der Waals surface area contributed by atoms with E-state index in [0.717, 1.165) is 30.4 Å². The first-order valence-corrected chi connectivity index (χ1v) is 11.5. The van der Waals surface area contributed by atoms with Crippen LogP contribution >= 0.6 is 11.3 Å². The minimum absolute atomic E-state index is 0.0448. The molecule has 30 heavy (non-hydrogen) atoms. The molecular weight excluding hydrogens is 441 g/mol. The first-order chi connectivity index (χ1) is 14.1. The third-order valence-corrected chi connectivity index (χ3v) is 6.74. The molecule has 1 aromatic carbocycles. The lowest BCUT2D eigenvalue weighted by Crippen LogP contribution is -2.27.